The molecule has 1 amide bonds. The molecule has 1 fully saturated rings. The lowest BCUT2D eigenvalue weighted by molar-refractivity contribution is 0.0187. The summed E-state index contributed by atoms with van der Waals surface area (Å²) in [7, 11) is 0. The smallest absolute Gasteiger partial charge is 0.410 e. The van der Waals surface area contributed by atoms with Crippen LogP contribution < -0.4 is 0 Å². The molecule has 1 aromatic rings. The lowest BCUT2D eigenvalue weighted by Crippen LogP contribution is -2.46. The quantitative estimate of drug-likeness (QED) is 0.811. The highest BCUT2D eigenvalue weighted by molar-refractivity contribution is 5.68. The van der Waals surface area contributed by atoms with E-state index in [1.165, 1.54) is 5.56 Å². The molecule has 24 heavy (non-hydrogen) atoms. The minimum Gasteiger partial charge on any atom is -0.444 e. The zero-order chi connectivity index (χ0) is 17.2. The fourth-order valence-corrected chi connectivity index (χ4v) is 3.07. The fraction of sp³-hybridized carbons (Fsp3) is 0.526. The van der Waals surface area contributed by atoms with Crippen LogP contribution in [0.5, 0.6) is 0 Å². The van der Waals surface area contributed by atoms with Crippen LogP contribution in [-0.2, 0) is 11.2 Å². The molecule has 2 heterocycles. The van der Waals surface area contributed by atoms with Crippen LogP contribution in [-0.4, -0.2) is 35.2 Å². The predicted molar refractivity (Wildman–Crippen MR) is 92.9 cm³/mol. The lowest BCUT2D eigenvalue weighted by atomic mass is 9.88. The standard InChI is InChI=1S/C19H25N3O2/c1-18(2,3)24-17(23)22-11-9-19(10-12-22)14-16(20-21-19)13-15-7-5-4-6-8-15/h4-8,14H,9-13H2,1-3H3. The summed E-state index contributed by atoms with van der Waals surface area (Å²) in [6, 6.07) is 10.3. The molecule has 0 bridgehead atoms. The van der Waals surface area contributed by atoms with Gasteiger partial charge >= 0.3 is 6.09 Å². The minimum absolute atomic E-state index is 0.234. The van der Waals surface area contributed by atoms with Crippen molar-refractivity contribution in [3.05, 3.63) is 47.7 Å². The minimum atomic E-state index is -0.456. The largest absolute Gasteiger partial charge is 0.444 e. The number of amides is 1. The van der Waals surface area contributed by atoms with Gasteiger partial charge in [-0.1, -0.05) is 30.3 Å². The average Bonchev–Trinajstić information content (AvgIpc) is 2.90. The Labute approximate surface area is 143 Å². The molecule has 1 aromatic carbocycles. The van der Waals surface area contributed by atoms with Crippen LogP contribution in [0.4, 0.5) is 4.79 Å². The maximum absolute atomic E-state index is 12.2. The molecule has 0 N–H and O–H groups in total. The SMILES string of the molecule is CC(C)(C)OC(=O)N1CCC2(C=C(Cc3ccccc3)N=N2)CC1. The van der Waals surface area contributed by atoms with Gasteiger partial charge in [-0.25, -0.2) is 4.79 Å². The van der Waals surface area contributed by atoms with Gasteiger partial charge in [0.1, 0.15) is 11.1 Å². The van der Waals surface area contributed by atoms with Crippen LogP contribution in [0, 0.1) is 0 Å². The predicted octanol–water partition coefficient (Wildman–Crippen LogP) is 4.35. The van der Waals surface area contributed by atoms with Crippen molar-refractivity contribution in [1.82, 2.24) is 4.90 Å². The van der Waals surface area contributed by atoms with Gasteiger partial charge in [0.15, 0.2) is 0 Å². The Balaban J connectivity index is 1.58. The molecule has 128 valence electrons. The van der Waals surface area contributed by atoms with E-state index in [0.29, 0.717) is 13.1 Å². The molecule has 2 aliphatic rings. The van der Waals surface area contributed by atoms with E-state index >= 15 is 0 Å². The van der Waals surface area contributed by atoms with Crippen LogP contribution >= 0.6 is 0 Å². The second kappa shape index (κ2) is 6.38. The van der Waals surface area contributed by atoms with E-state index in [9.17, 15) is 4.79 Å². The van der Waals surface area contributed by atoms with Crippen molar-refractivity contribution in [1.29, 1.82) is 0 Å². The monoisotopic (exact) mass is 327 g/mol. The molecule has 0 radical (unpaired) electrons. The van der Waals surface area contributed by atoms with E-state index in [2.05, 4.69) is 28.4 Å². The van der Waals surface area contributed by atoms with Gasteiger partial charge in [0.2, 0.25) is 0 Å². The summed E-state index contributed by atoms with van der Waals surface area (Å²) in [6.07, 6.45) is 4.36. The first-order valence-corrected chi connectivity index (χ1v) is 8.52. The van der Waals surface area contributed by atoms with Crippen LogP contribution in [0.25, 0.3) is 0 Å². The van der Waals surface area contributed by atoms with Gasteiger partial charge in [0.05, 0.1) is 5.70 Å². The lowest BCUT2D eigenvalue weighted by Gasteiger charge is -2.36. The number of nitrogens with zero attached hydrogens (tertiary/aromatic N) is 3. The molecule has 2 aliphatic heterocycles. The highest BCUT2D eigenvalue weighted by atomic mass is 16.6. The summed E-state index contributed by atoms with van der Waals surface area (Å²) in [6.45, 7) is 6.98. The summed E-state index contributed by atoms with van der Waals surface area (Å²) in [4.78, 5) is 13.9. The zero-order valence-corrected chi connectivity index (χ0v) is 14.7. The van der Waals surface area contributed by atoms with E-state index in [-0.39, 0.29) is 11.6 Å². The Hall–Kier alpha value is -2.17. The molecule has 1 spiro atoms. The molecule has 0 saturated carbocycles. The highest BCUT2D eigenvalue weighted by Gasteiger charge is 2.38. The van der Waals surface area contributed by atoms with E-state index in [1.807, 2.05) is 39.0 Å². The number of likely N-dealkylation sites (tertiary alicyclic amines) is 1. The van der Waals surface area contributed by atoms with Gasteiger partial charge in [-0.3, -0.25) is 0 Å². The van der Waals surface area contributed by atoms with Crippen molar-refractivity contribution < 1.29 is 9.53 Å². The summed E-state index contributed by atoms with van der Waals surface area (Å²) in [5, 5.41) is 8.91. The number of hydrogen-bond donors (Lipinski definition) is 0. The van der Waals surface area contributed by atoms with Crippen molar-refractivity contribution >= 4 is 6.09 Å². The normalized spacial score (nSPS) is 19.5. The first-order chi connectivity index (χ1) is 11.4. The third kappa shape index (κ3) is 4.02. The van der Waals surface area contributed by atoms with Crippen molar-refractivity contribution in [2.24, 2.45) is 10.2 Å². The molecule has 0 atom stereocenters. The molecule has 5 nitrogen and oxygen atoms in total. The van der Waals surface area contributed by atoms with Gasteiger partial charge in [0, 0.05) is 19.5 Å². The van der Waals surface area contributed by atoms with Crippen LogP contribution in [0.3, 0.4) is 0 Å². The van der Waals surface area contributed by atoms with Crippen molar-refractivity contribution in [2.75, 3.05) is 13.1 Å². The number of rotatable bonds is 2. The maximum atomic E-state index is 12.2. The Morgan fingerprint density at radius 2 is 1.88 bits per heavy atom. The topological polar surface area (TPSA) is 54.3 Å². The summed E-state index contributed by atoms with van der Waals surface area (Å²) >= 11 is 0. The van der Waals surface area contributed by atoms with Gasteiger partial charge in [-0.15, -0.1) is 0 Å². The number of azo groups is 1. The second-order valence-electron chi connectivity index (χ2n) is 7.57. The van der Waals surface area contributed by atoms with E-state index in [4.69, 9.17) is 4.74 Å². The third-order valence-corrected chi connectivity index (χ3v) is 4.32. The molecule has 0 aliphatic carbocycles. The second-order valence-corrected chi connectivity index (χ2v) is 7.57. The van der Waals surface area contributed by atoms with E-state index in [1.54, 1.807) is 4.90 Å². The number of benzene rings is 1. The molecule has 0 unspecified atom stereocenters. The van der Waals surface area contributed by atoms with Gasteiger partial charge in [-0.05, 0) is 45.3 Å². The molecule has 0 aromatic heterocycles. The van der Waals surface area contributed by atoms with E-state index < -0.39 is 5.60 Å². The van der Waals surface area contributed by atoms with Crippen LogP contribution in [0.2, 0.25) is 0 Å². The van der Waals surface area contributed by atoms with Crippen molar-refractivity contribution in [2.45, 2.75) is 51.2 Å². The van der Waals surface area contributed by atoms with Crippen LogP contribution in [0.15, 0.2) is 52.3 Å². The number of carbonyl (C=O) groups is 1. The van der Waals surface area contributed by atoms with Crippen LogP contribution in [0.1, 0.15) is 39.2 Å². The van der Waals surface area contributed by atoms with Crippen molar-refractivity contribution in [3.63, 3.8) is 0 Å². The Kier molecular flexibility index (Phi) is 4.43. The Bertz CT molecular complexity index is 651. The molecular weight excluding hydrogens is 302 g/mol. The number of hydrogen-bond acceptors (Lipinski definition) is 4. The van der Waals surface area contributed by atoms with Gasteiger partial charge in [0.25, 0.3) is 0 Å². The third-order valence-electron chi connectivity index (χ3n) is 4.32. The first-order valence-electron chi connectivity index (χ1n) is 8.52. The Morgan fingerprint density at radius 1 is 1.21 bits per heavy atom. The van der Waals surface area contributed by atoms with Gasteiger partial charge in [-0.2, -0.15) is 10.2 Å². The number of carbonyl (C=O) groups excluding carboxylic acids is 1. The molecule has 5 heteroatoms. The van der Waals surface area contributed by atoms with Crippen molar-refractivity contribution in [3.8, 4) is 0 Å². The summed E-state index contributed by atoms with van der Waals surface area (Å²) < 4.78 is 5.45. The molecule has 1 saturated heterocycles. The summed E-state index contributed by atoms with van der Waals surface area (Å²) in [5.41, 5.74) is 1.57. The zero-order valence-electron chi connectivity index (χ0n) is 14.7. The number of allylic oxidation sites excluding steroid dienone is 1. The summed E-state index contributed by atoms with van der Waals surface area (Å²) in [5.74, 6) is 0. The number of piperidine rings is 1. The number of ether oxygens (including phenoxy) is 1. The molecule has 3 rings (SSSR count). The Morgan fingerprint density at radius 3 is 2.50 bits per heavy atom. The van der Waals surface area contributed by atoms with Gasteiger partial charge < -0.3 is 9.64 Å². The van der Waals surface area contributed by atoms with E-state index in [0.717, 1.165) is 25.0 Å². The molecular formula is C19H25N3O2. The maximum Gasteiger partial charge on any atom is 0.410 e. The first kappa shape index (κ1) is 16.7. The average molecular weight is 327 g/mol. The highest BCUT2D eigenvalue weighted by Crippen LogP contribution is 2.35. The fourth-order valence-electron chi connectivity index (χ4n) is 3.07.